The molecule has 2 aliphatic heterocycles. The third-order valence-corrected chi connectivity index (χ3v) is 5.31. The number of hydrogen-bond donors (Lipinski definition) is 1. The van der Waals surface area contributed by atoms with E-state index in [1.165, 1.54) is 12.1 Å². The van der Waals surface area contributed by atoms with Gasteiger partial charge in [0.15, 0.2) is 11.5 Å². The molecule has 142 valence electrons. The Bertz CT molecular complexity index is 833. The molecule has 0 bridgehead atoms. The maximum absolute atomic E-state index is 13.3. The van der Waals surface area contributed by atoms with Gasteiger partial charge in [0.1, 0.15) is 5.82 Å². The summed E-state index contributed by atoms with van der Waals surface area (Å²) in [5.74, 6) is 1.04. The molecule has 0 spiro atoms. The fourth-order valence-electron chi connectivity index (χ4n) is 3.72. The second kappa shape index (κ2) is 7.56. The van der Waals surface area contributed by atoms with Crippen LogP contribution in [0.15, 0.2) is 42.5 Å². The lowest BCUT2D eigenvalue weighted by molar-refractivity contribution is -0.120. The second-order valence-electron chi connectivity index (χ2n) is 7.04. The Kier molecular flexibility index (Phi) is 4.99. The van der Waals surface area contributed by atoms with Gasteiger partial charge in [0.05, 0.1) is 6.42 Å². The molecule has 0 aromatic heterocycles. The molecular weight excluding hydrogens is 349 g/mol. The normalized spacial score (nSPS) is 17.5. The van der Waals surface area contributed by atoms with Crippen LogP contribution in [-0.4, -0.2) is 32.5 Å². The molecule has 6 heteroatoms. The first-order valence-corrected chi connectivity index (χ1v) is 9.14. The first-order valence-electron chi connectivity index (χ1n) is 9.14. The zero-order valence-corrected chi connectivity index (χ0v) is 15.0. The van der Waals surface area contributed by atoms with Crippen LogP contribution < -0.4 is 14.8 Å². The zero-order valence-electron chi connectivity index (χ0n) is 15.0. The monoisotopic (exact) mass is 371 g/mol. The third kappa shape index (κ3) is 3.90. The minimum Gasteiger partial charge on any atom is -0.454 e. The molecule has 27 heavy (non-hydrogen) atoms. The van der Waals surface area contributed by atoms with Crippen molar-refractivity contribution < 1.29 is 23.4 Å². The molecule has 2 aromatic rings. The summed E-state index contributed by atoms with van der Waals surface area (Å²) in [5.41, 5.74) is 1.56. The number of ether oxygens (including phenoxy) is 3. The summed E-state index contributed by atoms with van der Waals surface area (Å²) >= 11 is 0. The van der Waals surface area contributed by atoms with Gasteiger partial charge in [0, 0.05) is 25.2 Å². The van der Waals surface area contributed by atoms with Gasteiger partial charge >= 0.3 is 0 Å². The van der Waals surface area contributed by atoms with E-state index in [1.54, 1.807) is 12.1 Å². The minimum absolute atomic E-state index is 0.118. The Balaban J connectivity index is 1.48. The van der Waals surface area contributed by atoms with Crippen LogP contribution in [0.3, 0.4) is 0 Å². The Morgan fingerprint density at radius 1 is 1.07 bits per heavy atom. The van der Waals surface area contributed by atoms with Crippen molar-refractivity contribution in [3.63, 3.8) is 0 Å². The summed E-state index contributed by atoms with van der Waals surface area (Å²) in [4.78, 5) is 12.4. The lowest BCUT2D eigenvalue weighted by Crippen LogP contribution is -2.45. The molecule has 0 radical (unpaired) electrons. The van der Waals surface area contributed by atoms with Gasteiger partial charge in [0.25, 0.3) is 0 Å². The first-order chi connectivity index (χ1) is 13.1. The highest BCUT2D eigenvalue weighted by atomic mass is 19.1. The van der Waals surface area contributed by atoms with Crippen LogP contribution >= 0.6 is 0 Å². The van der Waals surface area contributed by atoms with E-state index < -0.39 is 0 Å². The van der Waals surface area contributed by atoms with Crippen molar-refractivity contribution in [3.8, 4) is 11.5 Å². The highest BCUT2D eigenvalue weighted by Gasteiger charge is 2.36. The van der Waals surface area contributed by atoms with Crippen LogP contribution in [0.1, 0.15) is 24.0 Å². The molecule has 2 aliphatic rings. The largest absolute Gasteiger partial charge is 0.454 e. The summed E-state index contributed by atoms with van der Waals surface area (Å²) < 4.78 is 29.8. The molecule has 0 unspecified atom stereocenters. The number of rotatable bonds is 5. The number of fused-ring (bicyclic) bond motifs is 1. The summed E-state index contributed by atoms with van der Waals surface area (Å²) in [6.45, 7) is 2.03. The number of nitrogens with one attached hydrogen (secondary N) is 1. The fraction of sp³-hybridized carbons (Fsp3) is 0.381. The van der Waals surface area contributed by atoms with Gasteiger partial charge in [-0.15, -0.1) is 0 Å². The van der Waals surface area contributed by atoms with Crippen LogP contribution in [0.4, 0.5) is 4.39 Å². The predicted molar refractivity (Wildman–Crippen MR) is 97.4 cm³/mol. The van der Waals surface area contributed by atoms with Crippen molar-refractivity contribution in [2.75, 3.05) is 26.6 Å². The maximum atomic E-state index is 13.3. The third-order valence-electron chi connectivity index (χ3n) is 5.31. The number of hydrogen-bond acceptors (Lipinski definition) is 4. The minimum atomic E-state index is -0.332. The molecule has 4 rings (SSSR count). The first kappa shape index (κ1) is 17.8. The van der Waals surface area contributed by atoms with E-state index in [4.69, 9.17) is 14.2 Å². The average Bonchev–Trinajstić information content (AvgIpc) is 3.15. The van der Waals surface area contributed by atoms with E-state index >= 15 is 0 Å². The van der Waals surface area contributed by atoms with Gasteiger partial charge in [-0.1, -0.05) is 18.2 Å². The van der Waals surface area contributed by atoms with Gasteiger partial charge in [-0.05, 0) is 48.2 Å². The molecule has 5 nitrogen and oxygen atoms in total. The molecule has 0 saturated carbocycles. The van der Waals surface area contributed by atoms with Crippen molar-refractivity contribution in [1.82, 2.24) is 5.32 Å². The second-order valence-corrected chi connectivity index (χ2v) is 7.04. The summed E-state index contributed by atoms with van der Waals surface area (Å²) in [6.07, 6.45) is 1.78. The smallest absolute Gasteiger partial charge is 0.231 e. The Labute approximate surface area is 157 Å². The Morgan fingerprint density at radius 2 is 1.89 bits per heavy atom. The highest BCUT2D eigenvalue weighted by Crippen LogP contribution is 2.40. The average molecular weight is 371 g/mol. The van der Waals surface area contributed by atoms with Crippen molar-refractivity contribution in [3.05, 3.63) is 59.4 Å². The molecule has 2 heterocycles. The van der Waals surface area contributed by atoms with Crippen molar-refractivity contribution in [2.45, 2.75) is 24.7 Å². The number of benzene rings is 2. The van der Waals surface area contributed by atoms with Gasteiger partial charge in [-0.2, -0.15) is 0 Å². The molecule has 2 aromatic carbocycles. The van der Waals surface area contributed by atoms with Crippen LogP contribution in [0.5, 0.6) is 11.5 Å². The van der Waals surface area contributed by atoms with Gasteiger partial charge in [0.2, 0.25) is 12.7 Å². The van der Waals surface area contributed by atoms with Crippen molar-refractivity contribution in [1.29, 1.82) is 0 Å². The standard InChI is InChI=1S/C21H22FNO4/c22-17-3-1-2-15(10-17)11-20(24)23-13-21(6-8-25-9-7-21)16-4-5-18-19(12-16)27-14-26-18/h1-5,10,12H,6-9,11,13-14H2,(H,23,24). The molecule has 1 amide bonds. The van der Waals surface area contributed by atoms with Crippen LogP contribution in [0.25, 0.3) is 0 Å². The number of amides is 1. The predicted octanol–water partition coefficient (Wildman–Crippen LogP) is 2.96. The molecule has 1 fully saturated rings. The SMILES string of the molecule is O=C(Cc1cccc(F)c1)NCC1(c2ccc3c(c2)OCO3)CCOCC1. The van der Waals surface area contributed by atoms with Crippen LogP contribution in [0.2, 0.25) is 0 Å². The summed E-state index contributed by atoms with van der Waals surface area (Å²) in [6, 6.07) is 12.1. The van der Waals surface area contributed by atoms with Gasteiger partial charge in [-0.25, -0.2) is 4.39 Å². The molecule has 1 N–H and O–H groups in total. The van der Waals surface area contributed by atoms with E-state index in [2.05, 4.69) is 5.32 Å². The van der Waals surface area contributed by atoms with Crippen molar-refractivity contribution in [2.24, 2.45) is 0 Å². The molecular formula is C21H22FNO4. The number of carbonyl (C=O) groups is 1. The zero-order chi connectivity index (χ0) is 18.7. The summed E-state index contributed by atoms with van der Waals surface area (Å²) in [7, 11) is 0. The molecule has 0 atom stereocenters. The lowest BCUT2D eigenvalue weighted by atomic mass is 9.74. The van der Waals surface area contributed by atoms with Crippen molar-refractivity contribution >= 4 is 5.91 Å². The maximum Gasteiger partial charge on any atom is 0.231 e. The quantitative estimate of drug-likeness (QED) is 0.878. The Morgan fingerprint density at radius 3 is 2.70 bits per heavy atom. The fourth-order valence-corrected chi connectivity index (χ4v) is 3.72. The van der Waals surface area contributed by atoms with Gasteiger partial charge in [-0.3, -0.25) is 4.79 Å². The van der Waals surface area contributed by atoms with E-state index in [1.807, 2.05) is 18.2 Å². The van der Waals surface area contributed by atoms with Gasteiger partial charge < -0.3 is 19.5 Å². The molecule has 0 aliphatic carbocycles. The van der Waals surface area contributed by atoms with E-state index in [9.17, 15) is 9.18 Å². The summed E-state index contributed by atoms with van der Waals surface area (Å²) in [5, 5.41) is 3.04. The topological polar surface area (TPSA) is 56.8 Å². The molecule has 1 saturated heterocycles. The number of halogens is 1. The highest BCUT2D eigenvalue weighted by molar-refractivity contribution is 5.78. The van der Waals surface area contributed by atoms with E-state index in [-0.39, 0.29) is 30.4 Å². The number of carbonyl (C=O) groups excluding carboxylic acids is 1. The van der Waals surface area contributed by atoms with E-state index in [0.29, 0.717) is 25.3 Å². The van der Waals surface area contributed by atoms with E-state index in [0.717, 1.165) is 29.9 Å². The lowest BCUT2D eigenvalue weighted by Gasteiger charge is -2.38. The van der Waals surface area contributed by atoms with Crippen LogP contribution in [0, 0.1) is 5.82 Å². The van der Waals surface area contributed by atoms with Crippen LogP contribution in [-0.2, 0) is 21.4 Å². The Hall–Kier alpha value is -2.60.